The number of rotatable bonds is 2. The Hall–Kier alpha value is -1.55. The SMILES string of the molecule is Cc1cc(C)nc(Sc2cc(C)c(N)cn2)c1. The van der Waals surface area contributed by atoms with E-state index in [0.717, 1.165) is 27.0 Å². The minimum absolute atomic E-state index is 0.725. The first-order chi connectivity index (χ1) is 8.04. The molecule has 2 aromatic heterocycles. The van der Waals surface area contributed by atoms with E-state index in [2.05, 4.69) is 29.0 Å². The maximum atomic E-state index is 5.74. The van der Waals surface area contributed by atoms with Gasteiger partial charge in [-0.1, -0.05) is 11.8 Å². The zero-order valence-electron chi connectivity index (χ0n) is 10.2. The number of nitrogens with two attached hydrogens (primary N) is 1. The molecule has 0 aliphatic carbocycles. The molecule has 0 aliphatic heterocycles. The molecule has 0 amide bonds. The molecular formula is C13H15N3S. The number of pyridine rings is 2. The lowest BCUT2D eigenvalue weighted by atomic mass is 10.3. The molecule has 0 radical (unpaired) electrons. The zero-order valence-corrected chi connectivity index (χ0v) is 11.0. The van der Waals surface area contributed by atoms with Crippen molar-refractivity contribution >= 4 is 17.4 Å². The molecular weight excluding hydrogens is 230 g/mol. The van der Waals surface area contributed by atoms with Crippen LogP contribution in [0.2, 0.25) is 0 Å². The Bertz CT molecular complexity index is 532. The fourth-order valence-corrected chi connectivity index (χ4v) is 2.55. The van der Waals surface area contributed by atoms with Crippen LogP contribution in [0.5, 0.6) is 0 Å². The Morgan fingerprint density at radius 2 is 1.82 bits per heavy atom. The fourth-order valence-electron chi connectivity index (χ4n) is 1.56. The van der Waals surface area contributed by atoms with Gasteiger partial charge in [-0.05, 0) is 50.1 Å². The molecule has 3 nitrogen and oxygen atoms in total. The van der Waals surface area contributed by atoms with Crippen LogP contribution in [0.1, 0.15) is 16.8 Å². The van der Waals surface area contributed by atoms with Crippen LogP contribution in [-0.4, -0.2) is 9.97 Å². The Morgan fingerprint density at radius 1 is 1.06 bits per heavy atom. The van der Waals surface area contributed by atoms with Crippen molar-refractivity contribution in [3.8, 4) is 0 Å². The van der Waals surface area contributed by atoms with Gasteiger partial charge in [-0.15, -0.1) is 0 Å². The highest BCUT2D eigenvalue weighted by Crippen LogP contribution is 2.26. The van der Waals surface area contributed by atoms with Crippen molar-refractivity contribution in [3.63, 3.8) is 0 Å². The first-order valence-electron chi connectivity index (χ1n) is 5.40. The highest BCUT2D eigenvalue weighted by atomic mass is 32.2. The summed E-state index contributed by atoms with van der Waals surface area (Å²) in [6.07, 6.45) is 1.69. The number of hydrogen-bond acceptors (Lipinski definition) is 4. The first kappa shape index (κ1) is 11.9. The molecule has 17 heavy (non-hydrogen) atoms. The number of aromatic nitrogens is 2. The monoisotopic (exact) mass is 245 g/mol. The van der Waals surface area contributed by atoms with Gasteiger partial charge >= 0.3 is 0 Å². The van der Waals surface area contributed by atoms with Crippen LogP contribution < -0.4 is 5.73 Å². The molecule has 4 heteroatoms. The maximum Gasteiger partial charge on any atom is 0.103 e. The van der Waals surface area contributed by atoms with Gasteiger partial charge in [-0.2, -0.15) is 0 Å². The third-order valence-electron chi connectivity index (χ3n) is 2.41. The fraction of sp³-hybridized carbons (Fsp3) is 0.231. The molecule has 0 saturated carbocycles. The largest absolute Gasteiger partial charge is 0.397 e. The second kappa shape index (κ2) is 4.75. The van der Waals surface area contributed by atoms with Crippen LogP contribution in [-0.2, 0) is 0 Å². The van der Waals surface area contributed by atoms with Crippen molar-refractivity contribution in [1.82, 2.24) is 9.97 Å². The van der Waals surface area contributed by atoms with E-state index in [4.69, 9.17) is 5.73 Å². The summed E-state index contributed by atoms with van der Waals surface area (Å²) < 4.78 is 0. The van der Waals surface area contributed by atoms with Gasteiger partial charge in [0.05, 0.1) is 11.9 Å². The second-order valence-electron chi connectivity index (χ2n) is 4.11. The van der Waals surface area contributed by atoms with E-state index in [0.29, 0.717) is 0 Å². The third-order valence-corrected chi connectivity index (χ3v) is 3.26. The standard InChI is InChI=1S/C13H15N3S/c1-8-4-10(3)16-13(5-8)17-12-6-9(2)11(14)7-15-12/h4-7H,14H2,1-3H3. The molecule has 0 fully saturated rings. The van der Waals surface area contributed by atoms with Gasteiger partial charge in [0.2, 0.25) is 0 Å². The van der Waals surface area contributed by atoms with Gasteiger partial charge < -0.3 is 5.73 Å². The molecule has 88 valence electrons. The van der Waals surface area contributed by atoms with E-state index in [1.165, 1.54) is 5.56 Å². The normalized spacial score (nSPS) is 10.5. The summed E-state index contributed by atoms with van der Waals surface area (Å²) >= 11 is 1.56. The molecule has 0 atom stereocenters. The van der Waals surface area contributed by atoms with Crippen molar-refractivity contribution in [3.05, 3.63) is 41.2 Å². The van der Waals surface area contributed by atoms with Crippen molar-refractivity contribution in [2.45, 2.75) is 30.8 Å². The van der Waals surface area contributed by atoms with E-state index >= 15 is 0 Å². The van der Waals surface area contributed by atoms with E-state index in [-0.39, 0.29) is 0 Å². The Balaban J connectivity index is 2.28. The van der Waals surface area contributed by atoms with Crippen LogP contribution >= 0.6 is 11.8 Å². The van der Waals surface area contributed by atoms with Gasteiger partial charge in [0, 0.05) is 5.69 Å². The average Bonchev–Trinajstić information content (AvgIpc) is 2.22. The van der Waals surface area contributed by atoms with Gasteiger partial charge in [0.15, 0.2) is 0 Å². The van der Waals surface area contributed by atoms with Crippen LogP contribution in [0.3, 0.4) is 0 Å². The molecule has 0 unspecified atom stereocenters. The number of hydrogen-bond donors (Lipinski definition) is 1. The molecule has 0 aromatic carbocycles. The van der Waals surface area contributed by atoms with Crippen LogP contribution in [0.4, 0.5) is 5.69 Å². The number of aryl methyl sites for hydroxylation is 3. The van der Waals surface area contributed by atoms with Crippen LogP contribution in [0.15, 0.2) is 34.4 Å². The predicted octanol–water partition coefficient (Wildman–Crippen LogP) is 3.14. The summed E-state index contributed by atoms with van der Waals surface area (Å²) in [4.78, 5) is 8.76. The van der Waals surface area contributed by atoms with Crippen molar-refractivity contribution in [2.75, 3.05) is 5.73 Å². The molecule has 0 spiro atoms. The van der Waals surface area contributed by atoms with Gasteiger partial charge in [0.1, 0.15) is 10.1 Å². The molecule has 0 bridgehead atoms. The lowest BCUT2D eigenvalue weighted by molar-refractivity contribution is 1.03. The topological polar surface area (TPSA) is 51.8 Å². The minimum atomic E-state index is 0.725. The van der Waals surface area contributed by atoms with E-state index in [9.17, 15) is 0 Å². The quantitative estimate of drug-likeness (QED) is 0.883. The van der Waals surface area contributed by atoms with Crippen molar-refractivity contribution in [1.29, 1.82) is 0 Å². The lowest BCUT2D eigenvalue weighted by Crippen LogP contribution is -1.93. The molecule has 2 heterocycles. The molecule has 0 aliphatic rings. The van der Waals surface area contributed by atoms with Gasteiger partial charge in [-0.25, -0.2) is 9.97 Å². The summed E-state index contributed by atoms with van der Waals surface area (Å²) in [5.41, 5.74) is 9.76. The molecule has 2 N–H and O–H groups in total. The van der Waals surface area contributed by atoms with Gasteiger partial charge in [0.25, 0.3) is 0 Å². The van der Waals surface area contributed by atoms with Crippen LogP contribution in [0, 0.1) is 20.8 Å². The summed E-state index contributed by atoms with van der Waals surface area (Å²) in [6.45, 7) is 6.05. The minimum Gasteiger partial charge on any atom is -0.397 e. The number of anilines is 1. The van der Waals surface area contributed by atoms with Crippen molar-refractivity contribution < 1.29 is 0 Å². The van der Waals surface area contributed by atoms with Gasteiger partial charge in [-0.3, -0.25) is 0 Å². The van der Waals surface area contributed by atoms with Crippen LogP contribution in [0.25, 0.3) is 0 Å². The van der Waals surface area contributed by atoms with E-state index < -0.39 is 0 Å². The highest BCUT2D eigenvalue weighted by Gasteiger charge is 2.03. The summed E-state index contributed by atoms with van der Waals surface area (Å²) in [7, 11) is 0. The van der Waals surface area contributed by atoms with Crippen molar-refractivity contribution in [2.24, 2.45) is 0 Å². The summed E-state index contributed by atoms with van der Waals surface area (Å²) in [5, 5.41) is 1.90. The lowest BCUT2D eigenvalue weighted by Gasteiger charge is -2.05. The summed E-state index contributed by atoms with van der Waals surface area (Å²) in [5.74, 6) is 0. The third kappa shape index (κ3) is 2.97. The second-order valence-corrected chi connectivity index (χ2v) is 5.15. The summed E-state index contributed by atoms with van der Waals surface area (Å²) in [6, 6.07) is 6.11. The smallest absolute Gasteiger partial charge is 0.103 e. The number of nitrogens with zero attached hydrogens (tertiary/aromatic N) is 2. The molecule has 2 rings (SSSR count). The number of nitrogen functional groups attached to an aromatic ring is 1. The average molecular weight is 245 g/mol. The maximum absolute atomic E-state index is 5.74. The first-order valence-corrected chi connectivity index (χ1v) is 6.21. The highest BCUT2D eigenvalue weighted by molar-refractivity contribution is 7.99. The Morgan fingerprint density at radius 3 is 2.47 bits per heavy atom. The predicted molar refractivity (Wildman–Crippen MR) is 71.2 cm³/mol. The molecule has 2 aromatic rings. The zero-order chi connectivity index (χ0) is 12.4. The Kier molecular flexibility index (Phi) is 3.33. The van der Waals surface area contributed by atoms with E-state index in [1.54, 1.807) is 18.0 Å². The Labute approximate surface area is 105 Å². The van der Waals surface area contributed by atoms with E-state index in [1.807, 2.05) is 19.9 Å². The molecule has 0 saturated heterocycles.